The lowest BCUT2D eigenvalue weighted by molar-refractivity contribution is 0.0931. The van der Waals surface area contributed by atoms with E-state index in [9.17, 15) is 9.59 Å². The summed E-state index contributed by atoms with van der Waals surface area (Å²) >= 11 is 5.07. The number of carbonyl (C=O) groups is 2. The molecule has 0 heterocycles. The number of hydrogen-bond acceptors (Lipinski definition) is 5. The summed E-state index contributed by atoms with van der Waals surface area (Å²) in [5.74, 6) is -0.392. The first-order chi connectivity index (χ1) is 13.5. The highest BCUT2D eigenvalue weighted by Crippen LogP contribution is 2.17. The monoisotopic (exact) mass is 401 g/mol. The highest BCUT2D eigenvalue weighted by Gasteiger charge is 2.14. The van der Waals surface area contributed by atoms with E-state index in [1.54, 1.807) is 36.4 Å². The smallest absolute Gasteiger partial charge is 0.269 e. The number of nitrogens with one attached hydrogen (secondary N) is 3. The molecule has 0 unspecified atom stereocenters. The van der Waals surface area contributed by atoms with Crippen molar-refractivity contribution in [1.82, 2.24) is 16.2 Å². The van der Waals surface area contributed by atoms with Gasteiger partial charge in [0.05, 0.1) is 12.2 Å². The maximum absolute atomic E-state index is 12.5. The largest absolute Gasteiger partial charge is 0.490 e. The second-order valence-corrected chi connectivity index (χ2v) is 6.18. The number of para-hydroxylation sites is 1. The Labute approximate surface area is 169 Å². The summed E-state index contributed by atoms with van der Waals surface area (Å²) in [7, 11) is 0. The van der Waals surface area contributed by atoms with E-state index in [4.69, 9.17) is 21.7 Å². The van der Waals surface area contributed by atoms with Crippen LogP contribution in [0.1, 0.15) is 33.2 Å². The minimum Gasteiger partial charge on any atom is -0.490 e. The van der Waals surface area contributed by atoms with Crippen molar-refractivity contribution in [3.8, 4) is 5.75 Å². The van der Waals surface area contributed by atoms with Crippen LogP contribution in [0.5, 0.6) is 5.75 Å². The number of rotatable bonds is 7. The van der Waals surface area contributed by atoms with Gasteiger partial charge in [-0.2, -0.15) is 0 Å². The third-order valence-electron chi connectivity index (χ3n) is 3.65. The molecule has 0 fully saturated rings. The molecule has 0 aliphatic heterocycles. The molecule has 0 bridgehead atoms. The molecule has 0 radical (unpaired) electrons. The Balaban J connectivity index is 1.87. The van der Waals surface area contributed by atoms with Gasteiger partial charge >= 0.3 is 0 Å². The van der Waals surface area contributed by atoms with Crippen LogP contribution < -0.4 is 20.9 Å². The number of hydrazine groups is 1. The van der Waals surface area contributed by atoms with Crippen molar-refractivity contribution < 1.29 is 19.1 Å². The summed E-state index contributed by atoms with van der Waals surface area (Å²) in [4.78, 5) is 24.5. The van der Waals surface area contributed by atoms with Gasteiger partial charge in [0.2, 0.25) is 0 Å². The third-order valence-corrected chi connectivity index (χ3v) is 3.86. The predicted molar refractivity (Wildman–Crippen MR) is 110 cm³/mol. The van der Waals surface area contributed by atoms with Crippen LogP contribution in [-0.4, -0.2) is 36.7 Å². The van der Waals surface area contributed by atoms with Crippen LogP contribution in [0.25, 0.3) is 0 Å². The fraction of sp³-hybridized carbons (Fsp3) is 0.250. The molecule has 2 amide bonds. The van der Waals surface area contributed by atoms with Gasteiger partial charge < -0.3 is 9.47 Å². The Morgan fingerprint density at radius 1 is 0.964 bits per heavy atom. The van der Waals surface area contributed by atoms with Crippen LogP contribution >= 0.6 is 12.2 Å². The topological polar surface area (TPSA) is 88.7 Å². The zero-order valence-electron chi connectivity index (χ0n) is 15.8. The van der Waals surface area contributed by atoms with Crippen LogP contribution in [-0.2, 0) is 4.74 Å². The average molecular weight is 401 g/mol. The standard InChI is InChI=1S/C20H23N3O4S/c1-3-26-12-13-27-17-7-5-4-6-16(17)19(25)21-20(28)23-22-18(24)15-10-8-14(2)9-11-15/h4-11H,3,12-13H2,1-2H3,(H,22,24)(H2,21,23,25,28). The SMILES string of the molecule is CCOCCOc1ccccc1C(=O)NC(=S)NNC(=O)c1ccc(C)cc1. The molecule has 8 heteroatoms. The van der Waals surface area contributed by atoms with E-state index in [1.165, 1.54) is 0 Å². The van der Waals surface area contributed by atoms with Gasteiger partial charge in [-0.25, -0.2) is 0 Å². The summed E-state index contributed by atoms with van der Waals surface area (Å²) in [5.41, 5.74) is 6.81. The molecular formula is C20H23N3O4S. The summed E-state index contributed by atoms with van der Waals surface area (Å²) in [6, 6.07) is 13.9. The zero-order chi connectivity index (χ0) is 20.4. The molecule has 0 saturated heterocycles. The lowest BCUT2D eigenvalue weighted by atomic mass is 10.1. The average Bonchev–Trinajstić information content (AvgIpc) is 2.70. The van der Waals surface area contributed by atoms with E-state index in [0.717, 1.165) is 5.56 Å². The minimum atomic E-state index is -0.450. The van der Waals surface area contributed by atoms with Crippen molar-refractivity contribution in [3.05, 3.63) is 65.2 Å². The third kappa shape index (κ3) is 6.64. The van der Waals surface area contributed by atoms with Gasteiger partial charge in [-0.3, -0.25) is 25.8 Å². The molecule has 2 rings (SSSR count). The summed E-state index contributed by atoms with van der Waals surface area (Å²) < 4.78 is 10.8. The van der Waals surface area contributed by atoms with Crippen LogP contribution in [0.15, 0.2) is 48.5 Å². The number of benzene rings is 2. The maximum atomic E-state index is 12.5. The Kier molecular flexibility index (Phi) is 8.38. The van der Waals surface area contributed by atoms with E-state index in [2.05, 4.69) is 16.2 Å². The van der Waals surface area contributed by atoms with E-state index in [1.807, 2.05) is 26.0 Å². The van der Waals surface area contributed by atoms with Gasteiger partial charge in [0.25, 0.3) is 11.8 Å². The molecule has 0 atom stereocenters. The van der Waals surface area contributed by atoms with Crippen molar-refractivity contribution in [3.63, 3.8) is 0 Å². The lowest BCUT2D eigenvalue weighted by Gasteiger charge is -2.13. The number of thiocarbonyl (C=S) groups is 1. The van der Waals surface area contributed by atoms with Crippen molar-refractivity contribution in [2.75, 3.05) is 19.8 Å². The fourth-order valence-corrected chi connectivity index (χ4v) is 2.37. The van der Waals surface area contributed by atoms with E-state index >= 15 is 0 Å². The Bertz CT molecular complexity index is 824. The van der Waals surface area contributed by atoms with Crippen molar-refractivity contribution in [2.24, 2.45) is 0 Å². The number of aryl methyl sites for hydroxylation is 1. The summed E-state index contributed by atoms with van der Waals surface area (Å²) in [5, 5.41) is 2.48. The minimum absolute atomic E-state index is 0.0328. The molecule has 28 heavy (non-hydrogen) atoms. The summed E-state index contributed by atoms with van der Waals surface area (Å²) in [6.07, 6.45) is 0. The van der Waals surface area contributed by atoms with Gasteiger partial charge in [0.1, 0.15) is 12.4 Å². The first-order valence-electron chi connectivity index (χ1n) is 8.79. The van der Waals surface area contributed by atoms with Crippen molar-refractivity contribution >= 4 is 29.1 Å². The Morgan fingerprint density at radius 3 is 2.39 bits per heavy atom. The lowest BCUT2D eigenvalue weighted by Crippen LogP contribution is -2.48. The molecule has 0 aliphatic carbocycles. The van der Waals surface area contributed by atoms with Gasteiger partial charge in [-0.1, -0.05) is 29.8 Å². The molecule has 3 N–H and O–H groups in total. The van der Waals surface area contributed by atoms with Gasteiger partial charge in [-0.05, 0) is 50.3 Å². The quantitative estimate of drug-likeness (QED) is 0.375. The molecule has 0 spiro atoms. The highest BCUT2D eigenvalue weighted by molar-refractivity contribution is 7.80. The molecule has 7 nitrogen and oxygen atoms in total. The normalized spacial score (nSPS) is 10.1. The molecular weight excluding hydrogens is 378 g/mol. The number of hydrogen-bond donors (Lipinski definition) is 3. The molecule has 0 aliphatic rings. The maximum Gasteiger partial charge on any atom is 0.269 e. The second kappa shape index (κ2) is 11.0. The van der Waals surface area contributed by atoms with Crippen molar-refractivity contribution in [1.29, 1.82) is 0 Å². The predicted octanol–water partition coefficient (Wildman–Crippen LogP) is 2.36. The Hall–Kier alpha value is -2.97. The van der Waals surface area contributed by atoms with Gasteiger partial charge in [0, 0.05) is 12.2 Å². The first kappa shape index (κ1) is 21.3. The fourth-order valence-electron chi connectivity index (χ4n) is 2.23. The second-order valence-electron chi connectivity index (χ2n) is 5.77. The highest BCUT2D eigenvalue weighted by atomic mass is 32.1. The van der Waals surface area contributed by atoms with E-state index in [-0.39, 0.29) is 11.0 Å². The van der Waals surface area contributed by atoms with Crippen LogP contribution in [0, 0.1) is 6.92 Å². The molecule has 148 valence electrons. The van der Waals surface area contributed by atoms with Gasteiger partial charge in [0.15, 0.2) is 5.11 Å². The van der Waals surface area contributed by atoms with Crippen LogP contribution in [0.3, 0.4) is 0 Å². The molecule has 0 aromatic heterocycles. The molecule has 2 aromatic rings. The van der Waals surface area contributed by atoms with E-state index in [0.29, 0.717) is 36.7 Å². The molecule has 0 saturated carbocycles. The summed E-state index contributed by atoms with van der Waals surface area (Å²) in [6.45, 7) is 5.18. The van der Waals surface area contributed by atoms with E-state index < -0.39 is 5.91 Å². The van der Waals surface area contributed by atoms with Crippen LogP contribution in [0.4, 0.5) is 0 Å². The van der Waals surface area contributed by atoms with Crippen LogP contribution in [0.2, 0.25) is 0 Å². The number of carbonyl (C=O) groups excluding carboxylic acids is 2. The number of ether oxygens (including phenoxy) is 2. The Morgan fingerprint density at radius 2 is 1.68 bits per heavy atom. The number of amides is 2. The van der Waals surface area contributed by atoms with Crippen molar-refractivity contribution in [2.45, 2.75) is 13.8 Å². The first-order valence-corrected chi connectivity index (χ1v) is 9.20. The van der Waals surface area contributed by atoms with Gasteiger partial charge in [-0.15, -0.1) is 0 Å². The zero-order valence-corrected chi connectivity index (χ0v) is 16.6. The molecule has 2 aromatic carbocycles.